The molecule has 0 heterocycles. The van der Waals surface area contributed by atoms with Crippen molar-refractivity contribution < 1.29 is 18.0 Å². The maximum absolute atomic E-state index is 14.4. The molecule has 1 atom stereocenters. The number of carbonyl (C=O) groups excluding carboxylic acids is 2. The highest BCUT2D eigenvalue weighted by molar-refractivity contribution is 7.92. The van der Waals surface area contributed by atoms with Crippen LogP contribution in [-0.4, -0.2) is 44.3 Å². The summed E-state index contributed by atoms with van der Waals surface area (Å²) in [5.74, 6) is -1.01. The zero-order chi connectivity index (χ0) is 31.9. The average molecular weight is 693 g/mol. The van der Waals surface area contributed by atoms with Crippen LogP contribution in [0, 0.1) is 0 Å². The molecule has 0 aromatic heterocycles. The van der Waals surface area contributed by atoms with Crippen molar-refractivity contribution in [1.82, 2.24) is 10.2 Å². The van der Waals surface area contributed by atoms with Crippen LogP contribution in [0.2, 0.25) is 20.1 Å². The van der Waals surface area contributed by atoms with Crippen LogP contribution in [0.4, 0.5) is 5.69 Å². The quantitative estimate of drug-likeness (QED) is 0.169. The molecule has 4 aromatic carbocycles. The Morgan fingerprint density at radius 3 is 2.11 bits per heavy atom. The summed E-state index contributed by atoms with van der Waals surface area (Å²) in [4.78, 5) is 29.2. The Kier molecular flexibility index (Phi) is 11.6. The van der Waals surface area contributed by atoms with E-state index in [1.165, 1.54) is 35.2 Å². The first kappa shape index (κ1) is 33.6. The normalized spacial score (nSPS) is 11.9. The Labute approximate surface area is 277 Å². The van der Waals surface area contributed by atoms with Gasteiger partial charge in [-0.3, -0.25) is 13.9 Å². The van der Waals surface area contributed by atoms with Crippen molar-refractivity contribution in [2.75, 3.05) is 17.4 Å². The number of anilines is 1. The number of rotatable bonds is 12. The highest BCUT2D eigenvalue weighted by atomic mass is 35.5. The topological polar surface area (TPSA) is 86.8 Å². The minimum Gasteiger partial charge on any atom is -0.355 e. The molecule has 0 aliphatic rings. The molecular weight excluding hydrogens is 664 g/mol. The number of nitrogens with one attached hydrogen (secondary N) is 1. The zero-order valence-corrected chi connectivity index (χ0v) is 27.4. The molecule has 0 fully saturated rings. The third kappa shape index (κ3) is 8.46. The molecule has 7 nitrogen and oxygen atoms in total. The Balaban J connectivity index is 1.81. The summed E-state index contributed by atoms with van der Waals surface area (Å²) in [5, 5.41) is 4.07. The summed E-state index contributed by atoms with van der Waals surface area (Å²) in [7, 11) is -4.29. The summed E-state index contributed by atoms with van der Waals surface area (Å²) in [5.41, 5.74) is 1.59. The molecule has 0 aliphatic carbocycles. The van der Waals surface area contributed by atoms with Gasteiger partial charge < -0.3 is 10.2 Å². The van der Waals surface area contributed by atoms with E-state index < -0.39 is 28.5 Å². The molecule has 12 heteroatoms. The minimum atomic E-state index is -4.29. The van der Waals surface area contributed by atoms with Crippen LogP contribution in [0.1, 0.15) is 18.1 Å². The predicted octanol–water partition coefficient (Wildman–Crippen LogP) is 7.27. The van der Waals surface area contributed by atoms with Crippen LogP contribution in [-0.2, 0) is 32.6 Å². The van der Waals surface area contributed by atoms with Gasteiger partial charge in [0.1, 0.15) is 12.6 Å². The number of nitrogens with zero attached hydrogens (tertiary/aromatic N) is 2. The molecule has 0 spiro atoms. The molecule has 0 saturated carbocycles. The maximum Gasteiger partial charge on any atom is 0.264 e. The number of sulfonamides is 1. The van der Waals surface area contributed by atoms with Gasteiger partial charge in [-0.25, -0.2) is 8.42 Å². The van der Waals surface area contributed by atoms with Crippen LogP contribution in [0.3, 0.4) is 0 Å². The number of benzene rings is 4. The molecule has 1 N–H and O–H groups in total. The molecule has 4 aromatic rings. The van der Waals surface area contributed by atoms with Gasteiger partial charge in [-0.05, 0) is 72.6 Å². The van der Waals surface area contributed by atoms with Crippen LogP contribution >= 0.6 is 46.4 Å². The molecular formula is C32H29Cl4N3O4S. The van der Waals surface area contributed by atoms with Crippen molar-refractivity contribution in [3.05, 3.63) is 128 Å². The predicted molar refractivity (Wildman–Crippen MR) is 177 cm³/mol. The van der Waals surface area contributed by atoms with Gasteiger partial charge in [0.15, 0.2) is 0 Å². The zero-order valence-electron chi connectivity index (χ0n) is 23.6. The third-order valence-corrected chi connectivity index (χ3v) is 9.75. The van der Waals surface area contributed by atoms with Gasteiger partial charge in [-0.15, -0.1) is 0 Å². The van der Waals surface area contributed by atoms with E-state index in [1.54, 1.807) is 43.3 Å². The monoisotopic (exact) mass is 691 g/mol. The lowest BCUT2D eigenvalue weighted by Crippen LogP contribution is -2.53. The van der Waals surface area contributed by atoms with E-state index in [2.05, 4.69) is 5.32 Å². The number of carbonyl (C=O) groups is 2. The molecule has 0 radical (unpaired) electrons. The summed E-state index contributed by atoms with van der Waals surface area (Å²) < 4.78 is 29.0. The van der Waals surface area contributed by atoms with Gasteiger partial charge in [0.25, 0.3) is 10.0 Å². The highest BCUT2D eigenvalue weighted by Crippen LogP contribution is 2.29. The standard InChI is InChI=1S/C32H29Cl4N3O4S/c1-2-37-32(41)30(18-22-7-4-3-5-8-22)38(20-23-11-16-28(35)29(36)17-23)31(40)21-39(26-10-6-9-25(34)19-26)44(42,43)27-14-12-24(33)13-15-27/h3-17,19,30H,2,18,20-21H2,1H3,(H,37,41). The number of hydrogen-bond donors (Lipinski definition) is 1. The molecule has 1 unspecified atom stereocenters. The maximum atomic E-state index is 14.4. The summed E-state index contributed by atoms with van der Waals surface area (Å²) in [6.07, 6.45) is 0.181. The minimum absolute atomic E-state index is 0.0469. The van der Waals surface area contributed by atoms with E-state index in [0.717, 1.165) is 9.87 Å². The van der Waals surface area contributed by atoms with Crippen LogP contribution in [0.25, 0.3) is 0 Å². The Morgan fingerprint density at radius 1 is 0.773 bits per heavy atom. The lowest BCUT2D eigenvalue weighted by atomic mass is 10.0. The molecule has 0 aliphatic heterocycles. The average Bonchev–Trinajstić information content (AvgIpc) is 3.00. The van der Waals surface area contributed by atoms with E-state index in [0.29, 0.717) is 22.2 Å². The first-order chi connectivity index (χ1) is 21.0. The van der Waals surface area contributed by atoms with Crippen molar-refractivity contribution in [3.63, 3.8) is 0 Å². The Morgan fingerprint density at radius 2 is 1.48 bits per heavy atom. The van der Waals surface area contributed by atoms with E-state index in [1.807, 2.05) is 30.3 Å². The van der Waals surface area contributed by atoms with Crippen LogP contribution in [0.5, 0.6) is 0 Å². The van der Waals surface area contributed by atoms with Gasteiger partial charge in [-0.2, -0.15) is 0 Å². The summed E-state index contributed by atoms with van der Waals surface area (Å²) >= 11 is 24.7. The van der Waals surface area contributed by atoms with E-state index in [4.69, 9.17) is 46.4 Å². The van der Waals surface area contributed by atoms with E-state index in [-0.39, 0.29) is 39.5 Å². The van der Waals surface area contributed by atoms with Crippen molar-refractivity contribution in [2.24, 2.45) is 0 Å². The van der Waals surface area contributed by atoms with Crippen molar-refractivity contribution >= 4 is 73.9 Å². The van der Waals surface area contributed by atoms with Gasteiger partial charge in [0.05, 0.1) is 20.6 Å². The fourth-order valence-electron chi connectivity index (χ4n) is 4.57. The van der Waals surface area contributed by atoms with E-state index in [9.17, 15) is 18.0 Å². The lowest BCUT2D eigenvalue weighted by molar-refractivity contribution is -0.140. The third-order valence-electron chi connectivity index (χ3n) is 6.74. The Bertz CT molecular complexity index is 1720. The fraction of sp³-hybridized carbons (Fsp3) is 0.188. The molecule has 0 bridgehead atoms. The Hall–Kier alpha value is -3.27. The number of hydrogen-bond acceptors (Lipinski definition) is 4. The van der Waals surface area contributed by atoms with Crippen molar-refractivity contribution in [2.45, 2.75) is 30.8 Å². The van der Waals surface area contributed by atoms with Crippen LogP contribution < -0.4 is 9.62 Å². The second-order valence-electron chi connectivity index (χ2n) is 9.82. The van der Waals surface area contributed by atoms with Crippen molar-refractivity contribution in [3.8, 4) is 0 Å². The molecule has 2 amide bonds. The van der Waals surface area contributed by atoms with Gasteiger partial charge in [0.2, 0.25) is 11.8 Å². The van der Waals surface area contributed by atoms with Gasteiger partial charge in [0, 0.05) is 29.6 Å². The largest absolute Gasteiger partial charge is 0.355 e. The van der Waals surface area contributed by atoms with E-state index >= 15 is 0 Å². The summed E-state index contributed by atoms with van der Waals surface area (Å²) in [6.45, 7) is 1.44. The van der Waals surface area contributed by atoms with Gasteiger partial charge >= 0.3 is 0 Å². The second kappa shape index (κ2) is 15.1. The first-order valence-electron chi connectivity index (χ1n) is 13.6. The molecule has 230 valence electrons. The lowest BCUT2D eigenvalue weighted by Gasteiger charge is -2.34. The van der Waals surface area contributed by atoms with Gasteiger partial charge in [-0.1, -0.05) is 88.9 Å². The summed E-state index contributed by atoms with van der Waals surface area (Å²) in [6, 6.07) is 25.0. The fourth-order valence-corrected chi connectivity index (χ4v) is 6.61. The number of halogens is 4. The number of amides is 2. The van der Waals surface area contributed by atoms with Crippen molar-refractivity contribution in [1.29, 1.82) is 0 Å². The number of likely N-dealkylation sites (N-methyl/N-ethyl adjacent to an activating group) is 1. The van der Waals surface area contributed by atoms with Crippen LogP contribution in [0.15, 0.2) is 102 Å². The SMILES string of the molecule is CCNC(=O)C(Cc1ccccc1)N(Cc1ccc(Cl)c(Cl)c1)C(=O)CN(c1cccc(Cl)c1)S(=O)(=O)c1ccc(Cl)cc1. The molecule has 44 heavy (non-hydrogen) atoms. The first-order valence-corrected chi connectivity index (χ1v) is 16.5. The second-order valence-corrected chi connectivity index (χ2v) is 13.4. The molecule has 0 saturated heterocycles. The smallest absolute Gasteiger partial charge is 0.264 e. The molecule has 4 rings (SSSR count). The highest BCUT2D eigenvalue weighted by Gasteiger charge is 2.34.